The van der Waals surface area contributed by atoms with Crippen molar-refractivity contribution in [3.63, 3.8) is 0 Å². The first kappa shape index (κ1) is 19.9. The van der Waals surface area contributed by atoms with Gasteiger partial charge in [-0.15, -0.1) is 0 Å². The van der Waals surface area contributed by atoms with Gasteiger partial charge in [0.15, 0.2) is 0 Å². The average molecular weight is 430 g/mol. The Hall–Kier alpha value is -2.03. The quantitative estimate of drug-likeness (QED) is 0.803. The zero-order valence-corrected chi connectivity index (χ0v) is 17.9. The number of aromatic nitrogens is 2. The molecule has 5 rings (SSSR count). The summed E-state index contributed by atoms with van der Waals surface area (Å²) in [6.07, 6.45) is 5.77. The van der Waals surface area contributed by atoms with Crippen LogP contribution in [-0.4, -0.2) is 68.4 Å². The molecule has 1 spiro atoms. The van der Waals surface area contributed by atoms with Gasteiger partial charge in [0.25, 0.3) is 5.91 Å². The highest BCUT2D eigenvalue weighted by molar-refractivity contribution is 8.00. The summed E-state index contributed by atoms with van der Waals surface area (Å²) >= 11 is 1.88. The molecular weight excluding hydrogens is 402 g/mol. The molecule has 4 heterocycles. The van der Waals surface area contributed by atoms with Gasteiger partial charge >= 0.3 is 0 Å². The number of hydrogen-bond acceptors (Lipinski definition) is 6. The van der Waals surface area contributed by atoms with Gasteiger partial charge in [-0.25, -0.2) is 4.98 Å². The lowest BCUT2D eigenvalue weighted by Gasteiger charge is -2.39. The fourth-order valence-electron chi connectivity index (χ4n) is 4.64. The van der Waals surface area contributed by atoms with Crippen LogP contribution in [0.5, 0.6) is 5.75 Å². The van der Waals surface area contributed by atoms with Gasteiger partial charge in [0.1, 0.15) is 23.3 Å². The predicted molar refractivity (Wildman–Crippen MR) is 114 cm³/mol. The van der Waals surface area contributed by atoms with Crippen LogP contribution < -0.4 is 4.74 Å². The summed E-state index contributed by atoms with van der Waals surface area (Å²) in [6.45, 7) is 1.48. The number of carbonyl (C=O) groups excluding carboxylic acids is 1. The Balaban J connectivity index is 1.20. The highest BCUT2D eigenvalue weighted by Crippen LogP contribution is 2.44. The molecule has 2 aromatic rings. The van der Waals surface area contributed by atoms with E-state index >= 15 is 0 Å². The Labute approximate surface area is 180 Å². The summed E-state index contributed by atoms with van der Waals surface area (Å²) in [5.74, 6) is 3.57. The molecule has 1 aromatic heterocycles. The zero-order valence-electron chi connectivity index (χ0n) is 17.1. The van der Waals surface area contributed by atoms with Gasteiger partial charge in [-0.1, -0.05) is 0 Å². The van der Waals surface area contributed by atoms with Crippen molar-refractivity contribution in [2.24, 2.45) is 7.05 Å². The van der Waals surface area contributed by atoms with E-state index in [9.17, 15) is 9.90 Å². The van der Waals surface area contributed by atoms with Crippen LogP contribution in [0, 0.1) is 0 Å². The molecule has 0 aliphatic carbocycles. The normalized spacial score (nSPS) is 26.0. The van der Waals surface area contributed by atoms with Gasteiger partial charge < -0.3 is 24.0 Å². The van der Waals surface area contributed by atoms with Gasteiger partial charge in [0, 0.05) is 56.0 Å². The lowest BCUT2D eigenvalue weighted by atomic mass is 9.83. The number of nitrogens with zero attached hydrogens (tertiary/aromatic N) is 3. The van der Waals surface area contributed by atoms with E-state index in [0.29, 0.717) is 49.8 Å². The largest absolute Gasteiger partial charge is 0.489 e. The number of piperidine rings is 1. The van der Waals surface area contributed by atoms with Crippen molar-refractivity contribution < 1.29 is 19.4 Å². The SMILES string of the molecule is Cn1ccnc1[C@@]1(O)COC2(CCN(C(=O)c3ccc(OC4CSC4)cc3)CC2)C1. The van der Waals surface area contributed by atoms with Gasteiger partial charge in [-0.2, -0.15) is 11.8 Å². The van der Waals surface area contributed by atoms with Crippen LogP contribution in [0.2, 0.25) is 0 Å². The number of benzene rings is 1. The monoisotopic (exact) mass is 429 g/mol. The Morgan fingerprint density at radius 2 is 2.00 bits per heavy atom. The fourth-order valence-corrected chi connectivity index (χ4v) is 5.20. The van der Waals surface area contributed by atoms with Crippen LogP contribution in [0.3, 0.4) is 0 Å². The topological polar surface area (TPSA) is 76.8 Å². The molecule has 160 valence electrons. The highest BCUT2D eigenvalue weighted by Gasteiger charge is 2.52. The van der Waals surface area contributed by atoms with E-state index in [4.69, 9.17) is 9.47 Å². The van der Waals surface area contributed by atoms with Gasteiger partial charge in [-0.3, -0.25) is 4.79 Å². The van der Waals surface area contributed by atoms with Crippen molar-refractivity contribution in [2.45, 2.75) is 36.6 Å². The van der Waals surface area contributed by atoms with E-state index in [1.807, 2.05) is 58.7 Å². The van der Waals surface area contributed by atoms with E-state index in [-0.39, 0.29) is 12.5 Å². The molecule has 7 nitrogen and oxygen atoms in total. The summed E-state index contributed by atoms with van der Waals surface area (Å²) < 4.78 is 13.8. The van der Waals surface area contributed by atoms with Crippen molar-refractivity contribution >= 4 is 17.7 Å². The number of carbonyl (C=O) groups is 1. The number of amides is 1. The second-order valence-corrected chi connectivity index (χ2v) is 9.71. The van der Waals surface area contributed by atoms with E-state index in [0.717, 1.165) is 17.3 Å². The highest BCUT2D eigenvalue weighted by atomic mass is 32.2. The van der Waals surface area contributed by atoms with Gasteiger partial charge in [0.05, 0.1) is 12.2 Å². The average Bonchev–Trinajstić information content (AvgIpc) is 3.30. The molecule has 8 heteroatoms. The molecule has 3 aliphatic rings. The number of likely N-dealkylation sites (tertiary alicyclic amines) is 1. The minimum Gasteiger partial charge on any atom is -0.489 e. The Morgan fingerprint density at radius 1 is 1.27 bits per heavy atom. The summed E-state index contributed by atoms with van der Waals surface area (Å²) in [4.78, 5) is 19.1. The van der Waals surface area contributed by atoms with Crippen LogP contribution >= 0.6 is 11.8 Å². The first-order valence-electron chi connectivity index (χ1n) is 10.4. The predicted octanol–water partition coefficient (Wildman–Crippen LogP) is 2.20. The van der Waals surface area contributed by atoms with Crippen molar-refractivity contribution in [3.05, 3.63) is 48.0 Å². The molecular formula is C22H27N3O4S. The van der Waals surface area contributed by atoms with Crippen molar-refractivity contribution in [2.75, 3.05) is 31.2 Å². The molecule has 1 amide bonds. The molecule has 3 aliphatic heterocycles. The summed E-state index contributed by atoms with van der Waals surface area (Å²) in [5.41, 5.74) is -0.784. The van der Waals surface area contributed by atoms with E-state index in [2.05, 4.69) is 4.98 Å². The minimum absolute atomic E-state index is 0.0351. The first-order valence-corrected chi connectivity index (χ1v) is 11.6. The van der Waals surface area contributed by atoms with Crippen LogP contribution in [0.1, 0.15) is 35.4 Å². The maximum atomic E-state index is 12.9. The molecule has 1 N–H and O–H groups in total. The molecule has 1 aromatic carbocycles. The third-order valence-corrected chi connectivity index (χ3v) is 7.66. The Bertz CT molecular complexity index is 919. The minimum atomic E-state index is -1.07. The summed E-state index contributed by atoms with van der Waals surface area (Å²) in [7, 11) is 1.88. The van der Waals surface area contributed by atoms with Crippen LogP contribution in [0.15, 0.2) is 36.7 Å². The number of imidazole rings is 1. The van der Waals surface area contributed by atoms with Crippen molar-refractivity contribution in [3.8, 4) is 5.75 Å². The van der Waals surface area contributed by atoms with Crippen molar-refractivity contribution in [1.29, 1.82) is 0 Å². The molecule has 0 radical (unpaired) electrons. The lowest BCUT2D eigenvalue weighted by molar-refractivity contribution is -0.0438. The number of thioether (sulfide) groups is 1. The third-order valence-electron chi connectivity index (χ3n) is 6.44. The molecule has 0 saturated carbocycles. The molecule has 0 unspecified atom stereocenters. The standard InChI is InChI=1S/C22H27N3O4S/c1-24-11-8-23-20(24)22(27)14-21(28-15-22)6-9-25(10-7-21)19(26)16-2-4-17(5-3-16)29-18-12-30-13-18/h2-5,8,11,18,27H,6-7,9-10,12-15H2,1H3/t22-/m0/s1. The Kier molecular flexibility index (Phi) is 5.03. The Morgan fingerprint density at radius 3 is 2.60 bits per heavy atom. The number of rotatable bonds is 4. The van der Waals surface area contributed by atoms with Gasteiger partial charge in [0.2, 0.25) is 0 Å². The summed E-state index contributed by atoms with van der Waals surface area (Å²) in [5, 5.41) is 11.1. The number of aliphatic hydroxyl groups is 1. The van der Waals surface area contributed by atoms with Crippen LogP contribution in [0.25, 0.3) is 0 Å². The molecule has 30 heavy (non-hydrogen) atoms. The van der Waals surface area contributed by atoms with Gasteiger partial charge in [-0.05, 0) is 37.1 Å². The molecule has 1 atom stereocenters. The number of hydrogen-bond donors (Lipinski definition) is 1. The third kappa shape index (κ3) is 3.61. The molecule has 3 fully saturated rings. The van der Waals surface area contributed by atoms with Crippen molar-refractivity contribution in [1.82, 2.24) is 14.5 Å². The summed E-state index contributed by atoms with van der Waals surface area (Å²) in [6, 6.07) is 7.46. The second kappa shape index (κ2) is 7.59. The van der Waals surface area contributed by atoms with E-state index in [1.54, 1.807) is 6.20 Å². The maximum absolute atomic E-state index is 12.9. The first-order chi connectivity index (χ1) is 14.5. The molecule has 3 saturated heterocycles. The van der Waals surface area contributed by atoms with E-state index < -0.39 is 11.2 Å². The smallest absolute Gasteiger partial charge is 0.253 e. The number of aryl methyl sites for hydroxylation is 1. The maximum Gasteiger partial charge on any atom is 0.253 e. The second-order valence-electron chi connectivity index (χ2n) is 8.64. The molecule has 0 bridgehead atoms. The fraction of sp³-hybridized carbons (Fsp3) is 0.545. The van der Waals surface area contributed by atoms with E-state index in [1.165, 1.54) is 0 Å². The number of ether oxygens (including phenoxy) is 2. The van der Waals surface area contributed by atoms with Crippen LogP contribution in [0.4, 0.5) is 0 Å². The zero-order chi connectivity index (χ0) is 20.8. The lowest BCUT2D eigenvalue weighted by Crippen LogP contribution is -2.47. The van der Waals surface area contributed by atoms with Crippen LogP contribution in [-0.2, 0) is 17.4 Å².